The summed E-state index contributed by atoms with van der Waals surface area (Å²) >= 11 is 0. The lowest BCUT2D eigenvalue weighted by molar-refractivity contribution is 0.590. The van der Waals surface area contributed by atoms with Crippen molar-refractivity contribution >= 4 is 15.7 Å². The van der Waals surface area contributed by atoms with Crippen LogP contribution in [0.1, 0.15) is 23.4 Å². The number of hydrogen-bond acceptors (Lipinski definition) is 4. The minimum absolute atomic E-state index is 0.352. The van der Waals surface area contributed by atoms with Gasteiger partial charge in [-0.25, -0.2) is 8.42 Å². The second-order valence-electron chi connectivity index (χ2n) is 3.12. The highest BCUT2D eigenvalue weighted by Gasteiger charge is 2.21. The van der Waals surface area contributed by atoms with Gasteiger partial charge >= 0.3 is 0 Å². The van der Waals surface area contributed by atoms with Crippen LogP contribution >= 0.6 is 0 Å². The number of nitrogens with two attached hydrogens (primary N) is 1. The molecule has 3 N–H and O–H groups in total. The molecule has 0 radical (unpaired) electrons. The largest absolute Gasteiger partial charge is 0.382 e. The summed E-state index contributed by atoms with van der Waals surface area (Å²) < 4.78 is 22.4. The summed E-state index contributed by atoms with van der Waals surface area (Å²) in [5, 5.41) is 5.78. The highest BCUT2D eigenvalue weighted by molar-refractivity contribution is 7.90. The molecule has 0 saturated heterocycles. The molecule has 0 spiro atoms. The molecule has 6 heteroatoms. The van der Waals surface area contributed by atoms with E-state index in [4.69, 9.17) is 5.73 Å². The normalized spacial score (nSPS) is 14.4. The number of hydrogen-bond donors (Lipinski definition) is 2. The summed E-state index contributed by atoms with van der Waals surface area (Å²) in [5.41, 5.74) is 6.76. The van der Waals surface area contributed by atoms with Gasteiger partial charge in [0.15, 0.2) is 9.84 Å². The summed E-state index contributed by atoms with van der Waals surface area (Å²) in [7, 11) is -3.09. The first-order valence-electron chi connectivity index (χ1n) is 3.83. The van der Waals surface area contributed by atoms with Crippen LogP contribution in [0.5, 0.6) is 0 Å². The summed E-state index contributed by atoms with van der Waals surface area (Å²) in [4.78, 5) is 0. The van der Waals surface area contributed by atoms with Crippen molar-refractivity contribution in [1.29, 1.82) is 0 Å². The molecule has 0 saturated carbocycles. The summed E-state index contributed by atoms with van der Waals surface area (Å²) in [6.45, 7) is 3.35. The fourth-order valence-electron chi connectivity index (χ4n) is 1.04. The SMILES string of the molecule is Cc1c(N)n[nH]c1C(C)S(C)(=O)=O. The topological polar surface area (TPSA) is 88.8 Å². The highest BCUT2D eigenvalue weighted by Crippen LogP contribution is 2.24. The number of anilines is 1. The predicted molar refractivity (Wildman–Crippen MR) is 51.0 cm³/mol. The molecule has 1 rings (SSSR count). The molecular formula is C7H13N3O2S. The van der Waals surface area contributed by atoms with Crippen LogP contribution in [0, 0.1) is 6.92 Å². The Balaban J connectivity index is 3.17. The fourth-order valence-corrected chi connectivity index (χ4v) is 1.69. The maximum Gasteiger partial charge on any atom is 0.155 e. The molecule has 13 heavy (non-hydrogen) atoms. The quantitative estimate of drug-likeness (QED) is 0.728. The Morgan fingerprint density at radius 1 is 1.54 bits per heavy atom. The number of aromatic nitrogens is 2. The van der Waals surface area contributed by atoms with E-state index in [1.54, 1.807) is 13.8 Å². The highest BCUT2D eigenvalue weighted by atomic mass is 32.2. The molecule has 0 aliphatic carbocycles. The van der Waals surface area contributed by atoms with Gasteiger partial charge in [0.1, 0.15) is 11.1 Å². The van der Waals surface area contributed by atoms with Gasteiger partial charge in [-0.1, -0.05) is 0 Å². The molecule has 0 aliphatic rings. The smallest absolute Gasteiger partial charge is 0.155 e. The van der Waals surface area contributed by atoms with Crippen molar-refractivity contribution in [3.63, 3.8) is 0 Å². The van der Waals surface area contributed by atoms with Gasteiger partial charge in [-0.2, -0.15) is 5.10 Å². The van der Waals surface area contributed by atoms with Gasteiger partial charge in [-0.05, 0) is 13.8 Å². The molecule has 0 bridgehead atoms. The maximum absolute atomic E-state index is 11.2. The van der Waals surface area contributed by atoms with Crippen LogP contribution in [-0.4, -0.2) is 24.9 Å². The van der Waals surface area contributed by atoms with Crippen molar-refractivity contribution in [2.45, 2.75) is 19.1 Å². The lowest BCUT2D eigenvalue weighted by Crippen LogP contribution is -2.09. The van der Waals surface area contributed by atoms with E-state index in [9.17, 15) is 8.42 Å². The number of nitrogens with one attached hydrogen (secondary N) is 1. The van der Waals surface area contributed by atoms with E-state index in [0.29, 0.717) is 17.1 Å². The van der Waals surface area contributed by atoms with Gasteiger partial charge in [0.2, 0.25) is 0 Å². The number of rotatable bonds is 2. The molecule has 1 aromatic rings. The molecule has 74 valence electrons. The van der Waals surface area contributed by atoms with Gasteiger partial charge < -0.3 is 5.73 Å². The molecule has 0 aliphatic heterocycles. The average Bonchev–Trinajstić information content (AvgIpc) is 2.30. The van der Waals surface area contributed by atoms with Gasteiger partial charge in [-0.15, -0.1) is 0 Å². The molecular weight excluding hydrogens is 190 g/mol. The standard InChI is InChI=1S/C7H13N3O2S/c1-4-6(9-10-7(4)8)5(2)13(3,11)12/h5H,1-3H3,(H3,8,9,10). The zero-order chi connectivity index (χ0) is 10.2. The van der Waals surface area contributed by atoms with Gasteiger partial charge in [0, 0.05) is 11.8 Å². The first kappa shape index (κ1) is 10.0. The molecule has 0 amide bonds. The van der Waals surface area contributed by atoms with Crippen molar-refractivity contribution < 1.29 is 8.42 Å². The van der Waals surface area contributed by atoms with E-state index in [-0.39, 0.29) is 0 Å². The molecule has 1 heterocycles. The Morgan fingerprint density at radius 2 is 2.08 bits per heavy atom. The Labute approximate surface area is 77.3 Å². The first-order valence-corrected chi connectivity index (χ1v) is 5.78. The second-order valence-corrected chi connectivity index (χ2v) is 5.49. The maximum atomic E-state index is 11.2. The molecule has 1 aromatic heterocycles. The lowest BCUT2D eigenvalue weighted by atomic mass is 10.2. The van der Waals surface area contributed by atoms with Gasteiger partial charge in [0.25, 0.3) is 0 Å². The number of aromatic amines is 1. The second kappa shape index (κ2) is 3.02. The van der Waals surface area contributed by atoms with Crippen LogP contribution in [0.15, 0.2) is 0 Å². The Morgan fingerprint density at radius 3 is 2.38 bits per heavy atom. The van der Waals surface area contributed by atoms with Crippen molar-refractivity contribution in [3.8, 4) is 0 Å². The van der Waals surface area contributed by atoms with E-state index in [0.717, 1.165) is 0 Å². The summed E-state index contributed by atoms with van der Waals surface area (Å²) in [6.07, 6.45) is 1.19. The van der Waals surface area contributed by atoms with Crippen molar-refractivity contribution in [1.82, 2.24) is 10.2 Å². The van der Waals surface area contributed by atoms with Crippen LogP contribution in [0.4, 0.5) is 5.82 Å². The number of nitrogens with zero attached hydrogens (tertiary/aromatic N) is 1. The van der Waals surface area contributed by atoms with Gasteiger partial charge in [0.05, 0.1) is 5.69 Å². The van der Waals surface area contributed by atoms with E-state index in [2.05, 4.69) is 10.2 Å². The van der Waals surface area contributed by atoms with Crippen LogP contribution in [0.3, 0.4) is 0 Å². The molecule has 0 fully saturated rings. The Hall–Kier alpha value is -1.04. The molecule has 0 aromatic carbocycles. The van der Waals surface area contributed by atoms with Crippen molar-refractivity contribution in [2.24, 2.45) is 0 Å². The Kier molecular flexibility index (Phi) is 2.34. The first-order chi connectivity index (χ1) is 5.84. The molecule has 5 nitrogen and oxygen atoms in total. The zero-order valence-electron chi connectivity index (χ0n) is 7.83. The van der Waals surface area contributed by atoms with Gasteiger partial charge in [-0.3, -0.25) is 5.10 Å². The fraction of sp³-hybridized carbons (Fsp3) is 0.571. The molecule has 1 unspecified atom stereocenters. The Bertz CT molecular complexity index is 407. The van der Waals surface area contributed by atoms with Crippen molar-refractivity contribution in [3.05, 3.63) is 11.3 Å². The van der Waals surface area contributed by atoms with E-state index in [1.807, 2.05) is 0 Å². The predicted octanol–water partition coefficient (Wildman–Crippen LogP) is 0.406. The zero-order valence-corrected chi connectivity index (χ0v) is 8.64. The third-order valence-corrected chi connectivity index (χ3v) is 3.65. The van der Waals surface area contributed by atoms with Crippen molar-refractivity contribution in [2.75, 3.05) is 12.0 Å². The third kappa shape index (κ3) is 1.82. The minimum atomic E-state index is -3.09. The van der Waals surface area contributed by atoms with Crippen LogP contribution in [0.25, 0.3) is 0 Å². The number of sulfone groups is 1. The molecule has 1 atom stereocenters. The van der Waals surface area contributed by atoms with Crippen LogP contribution < -0.4 is 5.73 Å². The van der Waals surface area contributed by atoms with Crippen LogP contribution in [-0.2, 0) is 9.84 Å². The number of H-pyrrole nitrogens is 1. The van der Waals surface area contributed by atoms with E-state index < -0.39 is 15.1 Å². The average molecular weight is 203 g/mol. The minimum Gasteiger partial charge on any atom is -0.382 e. The van der Waals surface area contributed by atoms with E-state index >= 15 is 0 Å². The summed E-state index contributed by atoms with van der Waals surface area (Å²) in [6, 6.07) is 0. The summed E-state index contributed by atoms with van der Waals surface area (Å²) in [5.74, 6) is 0.352. The lowest BCUT2D eigenvalue weighted by Gasteiger charge is -2.07. The number of nitrogen functional groups attached to an aromatic ring is 1. The third-order valence-electron chi connectivity index (χ3n) is 2.13. The van der Waals surface area contributed by atoms with E-state index in [1.165, 1.54) is 6.26 Å². The monoisotopic (exact) mass is 203 g/mol. The van der Waals surface area contributed by atoms with Crippen LogP contribution in [0.2, 0.25) is 0 Å².